The fraction of sp³-hybridized carbons (Fsp3) is 0.545. The Hall–Kier alpha value is -2.14. The number of benzene rings is 1. The summed E-state index contributed by atoms with van der Waals surface area (Å²) < 4.78 is 2.00. The van der Waals surface area contributed by atoms with Crippen LogP contribution in [0.25, 0.3) is 5.69 Å². The summed E-state index contributed by atoms with van der Waals surface area (Å²) in [6.45, 7) is 4.96. The van der Waals surface area contributed by atoms with Gasteiger partial charge < -0.3 is 10.6 Å². The summed E-state index contributed by atoms with van der Waals surface area (Å²) in [7, 11) is 0. The zero-order chi connectivity index (χ0) is 19.0. The van der Waals surface area contributed by atoms with Crippen LogP contribution < -0.4 is 5.73 Å². The smallest absolute Gasteiger partial charge is 0.274 e. The molecule has 1 fully saturated rings. The van der Waals surface area contributed by atoms with Gasteiger partial charge in [0.05, 0.1) is 5.69 Å². The number of amides is 1. The van der Waals surface area contributed by atoms with E-state index in [0.29, 0.717) is 5.69 Å². The first kappa shape index (κ1) is 18.2. The molecule has 1 aliphatic heterocycles. The highest BCUT2D eigenvalue weighted by Crippen LogP contribution is 2.30. The van der Waals surface area contributed by atoms with Gasteiger partial charge in [0.15, 0.2) is 5.69 Å². The number of nitrogens with two attached hydrogens (primary N) is 1. The fourth-order valence-corrected chi connectivity index (χ4v) is 4.59. The van der Waals surface area contributed by atoms with E-state index in [0.717, 1.165) is 62.7 Å². The van der Waals surface area contributed by atoms with E-state index in [1.54, 1.807) is 0 Å². The van der Waals surface area contributed by atoms with Crippen molar-refractivity contribution in [2.45, 2.75) is 70.9 Å². The van der Waals surface area contributed by atoms with E-state index in [4.69, 9.17) is 10.8 Å². The molecule has 0 saturated carbocycles. The first-order chi connectivity index (χ1) is 13.1. The molecule has 2 aromatic rings. The summed E-state index contributed by atoms with van der Waals surface area (Å²) in [5.41, 5.74) is 11.6. The molecule has 4 rings (SSSR count). The third kappa shape index (κ3) is 3.29. The van der Waals surface area contributed by atoms with Crippen LogP contribution in [0.15, 0.2) is 24.3 Å². The molecule has 144 valence electrons. The van der Waals surface area contributed by atoms with Gasteiger partial charge in [0, 0.05) is 29.9 Å². The van der Waals surface area contributed by atoms with Crippen LogP contribution in [-0.2, 0) is 19.3 Å². The maximum Gasteiger partial charge on any atom is 0.274 e. The Labute approximate surface area is 161 Å². The molecule has 2 unspecified atom stereocenters. The maximum atomic E-state index is 13.4. The number of rotatable bonds is 4. The number of aromatic nitrogens is 2. The quantitative estimate of drug-likeness (QED) is 0.903. The third-order valence-electron chi connectivity index (χ3n) is 6.14. The number of hydrogen-bond acceptors (Lipinski definition) is 3. The van der Waals surface area contributed by atoms with Crippen molar-refractivity contribution in [2.75, 3.05) is 6.54 Å². The third-order valence-corrected chi connectivity index (χ3v) is 6.14. The molecular weight excluding hydrogens is 336 g/mol. The average Bonchev–Trinajstić information content (AvgIpc) is 3.30. The van der Waals surface area contributed by atoms with Gasteiger partial charge in [-0.1, -0.05) is 19.1 Å². The van der Waals surface area contributed by atoms with E-state index in [1.807, 2.05) is 16.5 Å². The minimum absolute atomic E-state index is 0.00836. The monoisotopic (exact) mass is 366 g/mol. The van der Waals surface area contributed by atoms with Crippen molar-refractivity contribution >= 4 is 5.91 Å². The molecule has 1 aliphatic carbocycles. The van der Waals surface area contributed by atoms with Crippen LogP contribution in [-0.4, -0.2) is 39.2 Å². The highest BCUT2D eigenvalue weighted by atomic mass is 16.2. The number of carbonyl (C=O) groups excluding carboxylic acids is 1. The lowest BCUT2D eigenvalue weighted by atomic mass is 9.96. The average molecular weight is 367 g/mol. The first-order valence-electron chi connectivity index (χ1n) is 10.4. The van der Waals surface area contributed by atoms with E-state index in [2.05, 4.69) is 31.2 Å². The standard InChI is InChI=1S/C22H30N4O/c1-3-16-10-12-17(13-11-16)26-20-9-6-7-18(20)21(24-26)22(27)25-14-5-4-8-19(25)15(2)23/h10-13,15,19H,3-9,14,23H2,1-2H3. The molecule has 1 saturated heterocycles. The number of carbonyl (C=O) groups is 1. The molecule has 5 heteroatoms. The van der Waals surface area contributed by atoms with Crippen LogP contribution in [0.3, 0.4) is 0 Å². The second-order valence-corrected chi connectivity index (χ2v) is 7.98. The molecule has 2 N–H and O–H groups in total. The summed E-state index contributed by atoms with van der Waals surface area (Å²) in [4.78, 5) is 15.4. The Morgan fingerprint density at radius 3 is 2.70 bits per heavy atom. The number of piperidine rings is 1. The molecule has 1 aromatic heterocycles. The number of aryl methyl sites for hydroxylation is 1. The Bertz CT molecular complexity index is 822. The van der Waals surface area contributed by atoms with Gasteiger partial charge >= 0.3 is 0 Å². The fourth-order valence-electron chi connectivity index (χ4n) is 4.59. The summed E-state index contributed by atoms with van der Waals surface area (Å²) in [6, 6.07) is 8.64. The van der Waals surface area contributed by atoms with E-state index in [-0.39, 0.29) is 18.0 Å². The molecule has 2 aliphatic rings. The summed E-state index contributed by atoms with van der Waals surface area (Å²) in [5.74, 6) is 0.0686. The minimum atomic E-state index is -0.00836. The van der Waals surface area contributed by atoms with E-state index in [9.17, 15) is 4.79 Å². The van der Waals surface area contributed by atoms with Crippen molar-refractivity contribution in [1.82, 2.24) is 14.7 Å². The zero-order valence-electron chi connectivity index (χ0n) is 16.4. The normalized spacial score (nSPS) is 20.6. The van der Waals surface area contributed by atoms with Gasteiger partial charge in [-0.3, -0.25) is 4.79 Å². The Kier molecular flexibility index (Phi) is 5.04. The van der Waals surface area contributed by atoms with Crippen LogP contribution in [0.1, 0.15) is 66.8 Å². The van der Waals surface area contributed by atoms with E-state index in [1.165, 1.54) is 11.3 Å². The second kappa shape index (κ2) is 7.47. The SMILES string of the molecule is CCc1ccc(-n2nc(C(=O)N3CCCCC3C(C)N)c3c2CCC3)cc1. The summed E-state index contributed by atoms with van der Waals surface area (Å²) in [6.07, 6.45) is 7.24. The van der Waals surface area contributed by atoms with Gasteiger partial charge in [0.1, 0.15) is 0 Å². The molecule has 5 nitrogen and oxygen atoms in total. The number of fused-ring (bicyclic) bond motifs is 1. The van der Waals surface area contributed by atoms with Crippen molar-refractivity contribution in [1.29, 1.82) is 0 Å². The van der Waals surface area contributed by atoms with Crippen molar-refractivity contribution in [2.24, 2.45) is 5.73 Å². The van der Waals surface area contributed by atoms with Gasteiger partial charge in [-0.2, -0.15) is 5.10 Å². The van der Waals surface area contributed by atoms with Gasteiger partial charge in [0.25, 0.3) is 5.91 Å². The van der Waals surface area contributed by atoms with Crippen LogP contribution in [0.4, 0.5) is 0 Å². The van der Waals surface area contributed by atoms with Crippen LogP contribution in [0, 0.1) is 0 Å². The predicted octanol–water partition coefficient (Wildman–Crippen LogP) is 3.27. The Morgan fingerprint density at radius 1 is 1.22 bits per heavy atom. The van der Waals surface area contributed by atoms with Crippen molar-refractivity contribution in [3.8, 4) is 5.69 Å². The largest absolute Gasteiger partial charge is 0.333 e. The first-order valence-corrected chi connectivity index (χ1v) is 10.4. The summed E-state index contributed by atoms with van der Waals surface area (Å²) >= 11 is 0. The van der Waals surface area contributed by atoms with Crippen LogP contribution in [0.2, 0.25) is 0 Å². The number of hydrogen-bond donors (Lipinski definition) is 1. The van der Waals surface area contributed by atoms with Crippen LogP contribution >= 0.6 is 0 Å². The maximum absolute atomic E-state index is 13.4. The molecule has 0 bridgehead atoms. The van der Waals surface area contributed by atoms with Crippen molar-refractivity contribution in [3.05, 3.63) is 46.8 Å². The van der Waals surface area contributed by atoms with E-state index >= 15 is 0 Å². The van der Waals surface area contributed by atoms with Crippen LogP contribution in [0.5, 0.6) is 0 Å². The predicted molar refractivity (Wildman–Crippen MR) is 107 cm³/mol. The molecule has 0 spiro atoms. The molecule has 2 atom stereocenters. The zero-order valence-corrected chi connectivity index (χ0v) is 16.4. The lowest BCUT2D eigenvalue weighted by Crippen LogP contribution is -2.51. The minimum Gasteiger partial charge on any atom is -0.333 e. The molecule has 1 amide bonds. The molecular formula is C22H30N4O. The molecule has 1 aromatic carbocycles. The number of likely N-dealkylation sites (tertiary alicyclic amines) is 1. The highest BCUT2D eigenvalue weighted by molar-refractivity contribution is 5.94. The molecule has 0 radical (unpaired) electrons. The Morgan fingerprint density at radius 2 is 2.00 bits per heavy atom. The lowest BCUT2D eigenvalue weighted by Gasteiger charge is -2.37. The van der Waals surface area contributed by atoms with Crippen molar-refractivity contribution in [3.63, 3.8) is 0 Å². The summed E-state index contributed by atoms with van der Waals surface area (Å²) in [5, 5.41) is 4.81. The Balaban J connectivity index is 1.70. The lowest BCUT2D eigenvalue weighted by molar-refractivity contribution is 0.0576. The second-order valence-electron chi connectivity index (χ2n) is 7.98. The highest BCUT2D eigenvalue weighted by Gasteiger charge is 2.34. The van der Waals surface area contributed by atoms with Gasteiger partial charge in [-0.15, -0.1) is 0 Å². The van der Waals surface area contributed by atoms with Gasteiger partial charge in [-0.25, -0.2) is 4.68 Å². The topological polar surface area (TPSA) is 64.2 Å². The van der Waals surface area contributed by atoms with Crippen molar-refractivity contribution < 1.29 is 4.79 Å². The number of nitrogens with zero attached hydrogens (tertiary/aromatic N) is 3. The molecule has 27 heavy (non-hydrogen) atoms. The van der Waals surface area contributed by atoms with E-state index < -0.39 is 0 Å². The van der Waals surface area contributed by atoms with Gasteiger partial charge in [-0.05, 0) is 69.6 Å². The van der Waals surface area contributed by atoms with Gasteiger partial charge in [0.2, 0.25) is 0 Å². The molecule has 2 heterocycles.